The Labute approximate surface area is 204 Å². The van der Waals surface area contributed by atoms with Crippen molar-refractivity contribution in [3.05, 3.63) is 64.7 Å². The molecule has 0 aromatic heterocycles. The van der Waals surface area contributed by atoms with Crippen LogP contribution in [0.3, 0.4) is 0 Å². The van der Waals surface area contributed by atoms with Crippen LogP contribution >= 0.6 is 11.8 Å². The molecule has 0 unspecified atom stereocenters. The van der Waals surface area contributed by atoms with Crippen LogP contribution in [-0.2, 0) is 11.2 Å². The first-order chi connectivity index (χ1) is 16.3. The third-order valence-electron chi connectivity index (χ3n) is 5.29. The van der Waals surface area contributed by atoms with Crippen molar-refractivity contribution in [2.24, 2.45) is 16.0 Å². The van der Waals surface area contributed by atoms with Crippen LogP contribution in [0, 0.1) is 18.3 Å². The molecule has 0 saturated carbocycles. The first kappa shape index (κ1) is 23.8. The Morgan fingerprint density at radius 3 is 2.47 bits per heavy atom. The minimum Gasteiger partial charge on any atom is -0.490 e. The Bertz CT molecular complexity index is 1200. The normalized spacial score (nSPS) is 16.6. The Morgan fingerprint density at radius 2 is 1.79 bits per heavy atom. The van der Waals surface area contributed by atoms with Crippen LogP contribution < -0.4 is 9.47 Å². The number of fused-ring (bicyclic) bond motifs is 1. The maximum atomic E-state index is 12.5. The molecule has 0 aliphatic carbocycles. The minimum atomic E-state index is -0.427. The maximum absolute atomic E-state index is 12.5. The fourth-order valence-electron chi connectivity index (χ4n) is 3.50. The summed E-state index contributed by atoms with van der Waals surface area (Å²) >= 11 is 1.34. The quantitative estimate of drug-likeness (QED) is 0.413. The van der Waals surface area contributed by atoms with Crippen LogP contribution in [0.25, 0.3) is 6.08 Å². The number of carbonyl (C=O) groups is 1. The van der Waals surface area contributed by atoms with E-state index in [1.54, 1.807) is 6.08 Å². The van der Waals surface area contributed by atoms with Crippen LogP contribution in [0.5, 0.6) is 11.5 Å². The molecule has 0 radical (unpaired) electrons. The molecular formula is C26H28N4O3S. The van der Waals surface area contributed by atoms with E-state index in [0.29, 0.717) is 24.1 Å². The molecule has 7 nitrogen and oxygen atoms in total. The lowest BCUT2D eigenvalue weighted by Gasteiger charge is -2.20. The summed E-state index contributed by atoms with van der Waals surface area (Å²) in [6.45, 7) is 9.09. The molecule has 8 heteroatoms. The van der Waals surface area contributed by atoms with E-state index in [4.69, 9.17) is 14.9 Å². The molecule has 0 fully saturated rings. The molecule has 1 N–H and O–H groups in total. The zero-order valence-corrected chi connectivity index (χ0v) is 20.6. The SMILES string of the molecule is CCc1cc(C)cc(OCCOc2ccc(/C=C3\C(=N)N4N=C(C(C)C)SC4=NC3=O)cc2)c1. The first-order valence-corrected chi connectivity index (χ1v) is 12.1. The second kappa shape index (κ2) is 10.3. The number of hydrogen-bond acceptors (Lipinski definition) is 6. The molecule has 0 saturated heterocycles. The number of nitrogens with zero attached hydrogens (tertiary/aromatic N) is 3. The van der Waals surface area contributed by atoms with Gasteiger partial charge in [-0.2, -0.15) is 15.1 Å². The smallest absolute Gasteiger partial charge is 0.283 e. The zero-order chi connectivity index (χ0) is 24.2. The highest BCUT2D eigenvalue weighted by atomic mass is 32.2. The molecule has 1 amide bonds. The van der Waals surface area contributed by atoms with Gasteiger partial charge in [0.2, 0.25) is 5.17 Å². The number of hydrogen-bond donors (Lipinski definition) is 1. The van der Waals surface area contributed by atoms with Crippen molar-refractivity contribution >= 4 is 39.8 Å². The maximum Gasteiger partial charge on any atom is 0.283 e. The number of rotatable bonds is 8. The number of carbonyl (C=O) groups excluding carboxylic acids is 1. The highest BCUT2D eigenvalue weighted by Gasteiger charge is 2.36. The standard InChI is InChI=1S/C26H28N4O3S/c1-5-18-12-17(4)13-21(14-18)33-11-10-32-20-8-6-19(7-9-20)15-22-23(27)30-26(28-24(22)31)34-25(29-30)16(2)3/h6-9,12-16,27H,5,10-11H2,1-4H3/b22-15+,27-23?. The van der Waals surface area contributed by atoms with E-state index in [2.05, 4.69) is 36.1 Å². The summed E-state index contributed by atoms with van der Waals surface area (Å²) in [6.07, 6.45) is 2.63. The van der Waals surface area contributed by atoms with Crippen LogP contribution in [-0.4, -0.2) is 40.2 Å². The van der Waals surface area contributed by atoms with E-state index in [1.807, 2.05) is 44.2 Å². The van der Waals surface area contributed by atoms with Gasteiger partial charge in [0.15, 0.2) is 5.84 Å². The second-order valence-corrected chi connectivity index (χ2v) is 9.37. The van der Waals surface area contributed by atoms with Gasteiger partial charge in [-0.1, -0.05) is 39.0 Å². The van der Waals surface area contributed by atoms with Crippen molar-refractivity contribution in [1.82, 2.24) is 5.01 Å². The molecule has 2 aliphatic heterocycles. The summed E-state index contributed by atoms with van der Waals surface area (Å²) in [6, 6.07) is 13.6. The molecule has 34 heavy (non-hydrogen) atoms. The van der Waals surface area contributed by atoms with Gasteiger partial charge in [-0.3, -0.25) is 10.2 Å². The van der Waals surface area contributed by atoms with Crippen LogP contribution in [0.1, 0.15) is 37.5 Å². The highest BCUT2D eigenvalue weighted by molar-refractivity contribution is 8.27. The van der Waals surface area contributed by atoms with Crippen molar-refractivity contribution < 1.29 is 14.3 Å². The highest BCUT2D eigenvalue weighted by Crippen LogP contribution is 2.31. The number of aryl methyl sites for hydroxylation is 2. The molecule has 176 valence electrons. The number of amidine groups is 2. The number of aliphatic imine (C=N–C) groups is 1. The van der Waals surface area contributed by atoms with Gasteiger partial charge >= 0.3 is 0 Å². The molecule has 0 atom stereocenters. The van der Waals surface area contributed by atoms with Crippen molar-refractivity contribution in [3.63, 3.8) is 0 Å². The number of amides is 1. The van der Waals surface area contributed by atoms with E-state index in [9.17, 15) is 4.79 Å². The van der Waals surface area contributed by atoms with E-state index < -0.39 is 5.91 Å². The third kappa shape index (κ3) is 5.39. The Kier molecular flexibility index (Phi) is 7.17. The Morgan fingerprint density at radius 1 is 1.09 bits per heavy atom. The summed E-state index contributed by atoms with van der Waals surface area (Å²) in [5.41, 5.74) is 3.43. The van der Waals surface area contributed by atoms with Crippen LogP contribution in [0.15, 0.2) is 58.1 Å². The molecule has 4 rings (SSSR count). The van der Waals surface area contributed by atoms with Gasteiger partial charge < -0.3 is 9.47 Å². The lowest BCUT2D eigenvalue weighted by molar-refractivity contribution is -0.114. The van der Waals surface area contributed by atoms with Gasteiger partial charge in [0, 0.05) is 5.92 Å². The fraction of sp³-hybridized carbons (Fsp3) is 0.308. The van der Waals surface area contributed by atoms with Gasteiger partial charge in [-0.05, 0) is 72.1 Å². The van der Waals surface area contributed by atoms with Gasteiger partial charge in [0.05, 0.1) is 5.57 Å². The van der Waals surface area contributed by atoms with Crippen molar-refractivity contribution in [1.29, 1.82) is 5.41 Å². The van der Waals surface area contributed by atoms with Crippen molar-refractivity contribution in [2.75, 3.05) is 13.2 Å². The van der Waals surface area contributed by atoms with E-state index >= 15 is 0 Å². The largest absolute Gasteiger partial charge is 0.490 e. The monoisotopic (exact) mass is 476 g/mol. The molecular weight excluding hydrogens is 448 g/mol. The summed E-state index contributed by atoms with van der Waals surface area (Å²) < 4.78 is 11.6. The molecule has 0 bridgehead atoms. The topological polar surface area (TPSA) is 87.3 Å². The Balaban J connectivity index is 1.35. The van der Waals surface area contributed by atoms with E-state index in [0.717, 1.165) is 22.8 Å². The van der Waals surface area contributed by atoms with Gasteiger partial charge in [-0.25, -0.2) is 0 Å². The predicted octanol–water partition coefficient (Wildman–Crippen LogP) is 5.29. The second-order valence-electron chi connectivity index (χ2n) is 8.39. The van der Waals surface area contributed by atoms with Crippen molar-refractivity contribution in [3.8, 4) is 11.5 Å². The average Bonchev–Trinajstić information content (AvgIpc) is 3.24. The number of hydrazone groups is 1. The summed E-state index contributed by atoms with van der Waals surface area (Å²) in [5.74, 6) is 1.38. The van der Waals surface area contributed by atoms with Crippen LogP contribution in [0.4, 0.5) is 0 Å². The average molecular weight is 477 g/mol. The van der Waals surface area contributed by atoms with Gasteiger partial charge in [0.25, 0.3) is 5.91 Å². The summed E-state index contributed by atoms with van der Waals surface area (Å²) in [4.78, 5) is 16.6. The number of nitrogens with one attached hydrogen (secondary N) is 1. The summed E-state index contributed by atoms with van der Waals surface area (Å²) in [7, 11) is 0. The fourth-order valence-corrected chi connectivity index (χ4v) is 4.39. The predicted molar refractivity (Wildman–Crippen MR) is 138 cm³/mol. The Hall–Kier alpha value is -3.39. The van der Waals surface area contributed by atoms with Crippen molar-refractivity contribution in [2.45, 2.75) is 34.1 Å². The summed E-state index contributed by atoms with van der Waals surface area (Å²) in [5, 5.41) is 15.6. The van der Waals surface area contributed by atoms with E-state index in [1.165, 1.54) is 27.9 Å². The first-order valence-electron chi connectivity index (χ1n) is 11.3. The molecule has 2 heterocycles. The van der Waals surface area contributed by atoms with Gasteiger partial charge in [0.1, 0.15) is 29.8 Å². The van der Waals surface area contributed by atoms with E-state index in [-0.39, 0.29) is 17.3 Å². The number of ether oxygens (including phenoxy) is 2. The molecule has 2 aromatic rings. The number of thioether (sulfide) groups is 1. The lowest BCUT2D eigenvalue weighted by Crippen LogP contribution is -2.35. The molecule has 2 aromatic carbocycles. The lowest BCUT2D eigenvalue weighted by atomic mass is 10.1. The minimum absolute atomic E-state index is 0.0398. The molecule has 2 aliphatic rings. The third-order valence-corrected chi connectivity index (χ3v) is 6.50. The van der Waals surface area contributed by atoms with Crippen LogP contribution in [0.2, 0.25) is 0 Å². The molecule has 0 spiro atoms. The van der Waals surface area contributed by atoms with Gasteiger partial charge in [-0.15, -0.1) is 0 Å². The number of benzene rings is 2. The zero-order valence-electron chi connectivity index (χ0n) is 19.8.